The van der Waals surface area contributed by atoms with Gasteiger partial charge >= 0.3 is 11.9 Å². The number of esters is 1. The van der Waals surface area contributed by atoms with Crippen LogP contribution in [0.5, 0.6) is 0 Å². The third-order valence-corrected chi connectivity index (χ3v) is 6.15. The molecule has 0 aromatic heterocycles. The molecular weight excluding hydrogens is 298 g/mol. The van der Waals surface area contributed by atoms with Gasteiger partial charge in [-0.15, -0.1) is 0 Å². The first-order valence-electron chi connectivity index (χ1n) is 8.67. The van der Waals surface area contributed by atoms with E-state index in [-0.39, 0.29) is 24.1 Å². The lowest BCUT2D eigenvalue weighted by Crippen LogP contribution is -2.41. The highest BCUT2D eigenvalue weighted by Gasteiger charge is 2.53. The molecule has 3 aliphatic carbocycles. The van der Waals surface area contributed by atoms with Crippen LogP contribution in [0, 0.1) is 23.2 Å². The minimum atomic E-state index is -0.521. The lowest BCUT2D eigenvalue weighted by atomic mass is 9.70. The average Bonchev–Trinajstić information content (AvgIpc) is 2.94. The number of carbonyl (C=O) groups is 2. The van der Waals surface area contributed by atoms with Crippen molar-refractivity contribution in [1.82, 2.24) is 0 Å². The predicted molar refractivity (Wildman–Crippen MR) is 81.9 cm³/mol. The topological polar surface area (TPSA) is 87.8 Å². The van der Waals surface area contributed by atoms with E-state index in [4.69, 9.17) is 15.4 Å². The highest BCUT2D eigenvalue weighted by atomic mass is 16.7. The summed E-state index contributed by atoms with van der Waals surface area (Å²) in [6.45, 7) is 1.93. The van der Waals surface area contributed by atoms with E-state index < -0.39 is 5.97 Å². The number of ether oxygens (including phenoxy) is 2. The maximum atomic E-state index is 11.3. The molecule has 0 radical (unpaired) electrons. The number of carbonyl (C=O) groups excluding carboxylic acids is 2. The first-order valence-corrected chi connectivity index (χ1v) is 8.67. The summed E-state index contributed by atoms with van der Waals surface area (Å²) in [6, 6.07) is 0. The third-order valence-electron chi connectivity index (χ3n) is 6.15. The van der Waals surface area contributed by atoms with Crippen LogP contribution in [0.2, 0.25) is 0 Å². The number of rotatable bonds is 5. The van der Waals surface area contributed by atoms with Gasteiger partial charge in [0.1, 0.15) is 6.61 Å². The average molecular weight is 325 g/mol. The van der Waals surface area contributed by atoms with Crippen LogP contribution in [-0.4, -0.2) is 31.3 Å². The molecule has 0 aliphatic heterocycles. The van der Waals surface area contributed by atoms with E-state index in [0.29, 0.717) is 24.4 Å². The molecule has 3 aliphatic rings. The summed E-state index contributed by atoms with van der Waals surface area (Å²) in [4.78, 5) is 26.8. The molecule has 0 saturated heterocycles. The highest BCUT2D eigenvalue weighted by Crippen LogP contribution is 2.58. The molecule has 130 valence electrons. The van der Waals surface area contributed by atoms with E-state index in [1.807, 2.05) is 0 Å². The minimum absolute atomic E-state index is 0.0716. The summed E-state index contributed by atoms with van der Waals surface area (Å²) >= 11 is 0. The van der Waals surface area contributed by atoms with Gasteiger partial charge in [-0.1, -0.05) is 6.42 Å². The van der Waals surface area contributed by atoms with Gasteiger partial charge < -0.3 is 14.3 Å². The quantitative estimate of drug-likeness (QED) is 0.614. The molecule has 0 spiro atoms. The van der Waals surface area contributed by atoms with Crippen LogP contribution < -0.4 is 5.90 Å². The lowest BCUT2D eigenvalue weighted by Gasteiger charge is -2.41. The maximum absolute atomic E-state index is 11.3. The van der Waals surface area contributed by atoms with Gasteiger partial charge in [0.2, 0.25) is 0 Å². The molecule has 0 amide bonds. The lowest BCUT2D eigenvalue weighted by molar-refractivity contribution is -0.157. The van der Waals surface area contributed by atoms with Crippen LogP contribution in [0.1, 0.15) is 51.9 Å². The number of hydrogen-bond acceptors (Lipinski definition) is 6. The predicted octanol–water partition coefficient (Wildman–Crippen LogP) is 1.96. The first kappa shape index (κ1) is 16.7. The maximum Gasteiger partial charge on any atom is 0.350 e. The van der Waals surface area contributed by atoms with Crippen LogP contribution >= 0.6 is 0 Å². The van der Waals surface area contributed by atoms with Gasteiger partial charge in [0.25, 0.3) is 0 Å². The standard InChI is InChI=1S/C17H27NO5/c1-11(19)22-10-17-6-2-3-12-4-5-13(7-17)14(8-17)16(12)21-9-15(20)23-18/h12-14,16H,2-10,18H2,1H3. The molecule has 0 aromatic carbocycles. The van der Waals surface area contributed by atoms with E-state index in [2.05, 4.69) is 4.84 Å². The van der Waals surface area contributed by atoms with Gasteiger partial charge in [-0.3, -0.25) is 4.79 Å². The fourth-order valence-corrected chi connectivity index (χ4v) is 5.25. The largest absolute Gasteiger partial charge is 0.465 e. The van der Waals surface area contributed by atoms with Crippen molar-refractivity contribution in [2.45, 2.75) is 58.0 Å². The second-order valence-electron chi connectivity index (χ2n) is 7.61. The molecule has 6 heteroatoms. The molecule has 0 heterocycles. The summed E-state index contributed by atoms with van der Waals surface area (Å²) in [5.74, 6) is 5.77. The summed E-state index contributed by atoms with van der Waals surface area (Å²) in [7, 11) is 0. The van der Waals surface area contributed by atoms with Crippen molar-refractivity contribution in [3.05, 3.63) is 0 Å². The molecule has 2 N–H and O–H groups in total. The van der Waals surface area contributed by atoms with E-state index in [0.717, 1.165) is 38.5 Å². The Morgan fingerprint density at radius 3 is 2.70 bits per heavy atom. The second kappa shape index (κ2) is 6.77. The van der Waals surface area contributed by atoms with Crippen molar-refractivity contribution in [3.63, 3.8) is 0 Å². The Bertz CT molecular complexity index is 468. The second-order valence-corrected chi connectivity index (χ2v) is 7.61. The van der Waals surface area contributed by atoms with Crippen molar-refractivity contribution in [1.29, 1.82) is 0 Å². The fourth-order valence-electron chi connectivity index (χ4n) is 5.25. The molecule has 23 heavy (non-hydrogen) atoms. The summed E-state index contributed by atoms with van der Waals surface area (Å²) in [5.41, 5.74) is 0.103. The smallest absolute Gasteiger partial charge is 0.350 e. The van der Waals surface area contributed by atoms with Gasteiger partial charge in [0, 0.05) is 12.3 Å². The first-order chi connectivity index (χ1) is 11.0. The van der Waals surface area contributed by atoms with Crippen molar-refractivity contribution >= 4 is 11.9 Å². The Morgan fingerprint density at radius 1 is 1.17 bits per heavy atom. The molecule has 3 rings (SSSR count). The van der Waals surface area contributed by atoms with Crippen LogP contribution in [0.3, 0.4) is 0 Å². The SMILES string of the molecule is CC(=O)OCC12CCCC3CCC(C1)C(C2)C3OCC(=O)ON. The Morgan fingerprint density at radius 2 is 1.96 bits per heavy atom. The fraction of sp³-hybridized carbons (Fsp3) is 0.882. The van der Waals surface area contributed by atoms with E-state index in [1.165, 1.54) is 13.3 Å². The number of fused-ring (bicyclic) bond motifs is 2. The van der Waals surface area contributed by atoms with Crippen molar-refractivity contribution in [2.75, 3.05) is 13.2 Å². The van der Waals surface area contributed by atoms with Crippen LogP contribution in [-0.2, 0) is 23.9 Å². The zero-order valence-electron chi connectivity index (χ0n) is 13.8. The van der Waals surface area contributed by atoms with Gasteiger partial charge in [-0.2, -0.15) is 5.90 Å². The number of nitrogens with two attached hydrogens (primary N) is 1. The molecule has 3 fully saturated rings. The van der Waals surface area contributed by atoms with Gasteiger partial charge in [-0.25, -0.2) is 4.79 Å². The van der Waals surface area contributed by atoms with Crippen molar-refractivity contribution in [3.8, 4) is 0 Å². The van der Waals surface area contributed by atoms with E-state index >= 15 is 0 Å². The summed E-state index contributed by atoms with van der Waals surface area (Å²) < 4.78 is 11.3. The zero-order chi connectivity index (χ0) is 16.4. The van der Waals surface area contributed by atoms with E-state index in [1.54, 1.807) is 0 Å². The minimum Gasteiger partial charge on any atom is -0.465 e. The molecule has 0 aromatic rings. The summed E-state index contributed by atoms with van der Waals surface area (Å²) in [5, 5.41) is 0. The molecule has 5 atom stereocenters. The Hall–Kier alpha value is -1.14. The molecule has 6 nitrogen and oxygen atoms in total. The van der Waals surface area contributed by atoms with Crippen molar-refractivity contribution < 1.29 is 23.9 Å². The molecule has 3 saturated carbocycles. The monoisotopic (exact) mass is 325 g/mol. The Labute approximate surface area is 137 Å². The van der Waals surface area contributed by atoms with Gasteiger partial charge in [-0.05, 0) is 56.3 Å². The van der Waals surface area contributed by atoms with Crippen LogP contribution in [0.25, 0.3) is 0 Å². The number of hydrogen-bond donors (Lipinski definition) is 1. The molecule has 3 bridgehead atoms. The Kier molecular flexibility index (Phi) is 4.92. The van der Waals surface area contributed by atoms with Gasteiger partial charge in [0.05, 0.1) is 12.7 Å². The van der Waals surface area contributed by atoms with Crippen molar-refractivity contribution in [2.24, 2.45) is 29.1 Å². The van der Waals surface area contributed by atoms with Crippen LogP contribution in [0.4, 0.5) is 0 Å². The van der Waals surface area contributed by atoms with Gasteiger partial charge in [0.15, 0.2) is 0 Å². The molecule has 5 unspecified atom stereocenters. The zero-order valence-corrected chi connectivity index (χ0v) is 13.8. The van der Waals surface area contributed by atoms with Crippen LogP contribution in [0.15, 0.2) is 0 Å². The summed E-state index contributed by atoms with van der Waals surface area (Å²) in [6.07, 6.45) is 8.00. The molecular formula is C17H27NO5. The highest BCUT2D eigenvalue weighted by molar-refractivity contribution is 5.70. The third kappa shape index (κ3) is 3.53. The van der Waals surface area contributed by atoms with E-state index in [9.17, 15) is 9.59 Å². The Balaban J connectivity index is 1.72. The normalized spacial score (nSPS) is 38.7.